The van der Waals surface area contributed by atoms with Gasteiger partial charge in [0.05, 0.1) is 0 Å². The lowest BCUT2D eigenvalue weighted by molar-refractivity contribution is -0.114. The molecule has 0 spiro atoms. The van der Waals surface area contributed by atoms with Gasteiger partial charge in [-0.2, -0.15) is 0 Å². The van der Waals surface area contributed by atoms with Gasteiger partial charge in [0, 0.05) is 17.5 Å². The van der Waals surface area contributed by atoms with Crippen molar-refractivity contribution < 1.29 is 4.79 Å². The number of benzene rings is 1. The van der Waals surface area contributed by atoms with Gasteiger partial charge in [0.15, 0.2) is 0 Å². The Morgan fingerprint density at radius 2 is 2.00 bits per heavy atom. The molecule has 0 bridgehead atoms. The highest BCUT2D eigenvalue weighted by Crippen LogP contribution is 2.18. The first-order valence-corrected chi connectivity index (χ1v) is 4.79. The minimum atomic E-state index is -0.0373. The van der Waals surface area contributed by atoms with E-state index in [1.165, 1.54) is 0 Å². The van der Waals surface area contributed by atoms with Crippen molar-refractivity contribution in [2.24, 2.45) is 0 Å². The van der Waals surface area contributed by atoms with Gasteiger partial charge in [-0.25, -0.2) is 0 Å². The van der Waals surface area contributed by atoms with Crippen LogP contribution in [-0.4, -0.2) is 12.8 Å². The molecule has 0 aromatic heterocycles. The number of ketones is 1. The van der Waals surface area contributed by atoms with E-state index in [4.69, 9.17) is 11.6 Å². The summed E-state index contributed by atoms with van der Waals surface area (Å²) in [6.45, 7) is 1.54. The number of halogens is 1. The van der Waals surface area contributed by atoms with E-state index < -0.39 is 0 Å². The second-order valence-electron chi connectivity index (χ2n) is 3.10. The molecule has 0 aliphatic carbocycles. The van der Waals surface area contributed by atoms with Crippen LogP contribution in [-0.2, 0) is 4.79 Å². The SMILES string of the molecule is CNC([CH]C(C)=O)c1ccc(Cl)cc1. The predicted octanol–water partition coefficient (Wildman–Crippen LogP) is 2.39. The second-order valence-corrected chi connectivity index (χ2v) is 3.53. The topological polar surface area (TPSA) is 29.1 Å². The Bertz CT molecular complexity index is 308. The fourth-order valence-electron chi connectivity index (χ4n) is 1.25. The minimum Gasteiger partial charge on any atom is -0.312 e. The smallest absolute Gasteiger partial charge is 0.135 e. The van der Waals surface area contributed by atoms with E-state index in [9.17, 15) is 4.79 Å². The van der Waals surface area contributed by atoms with E-state index in [1.54, 1.807) is 13.3 Å². The van der Waals surface area contributed by atoms with Crippen molar-refractivity contribution in [1.82, 2.24) is 5.32 Å². The molecule has 0 aliphatic heterocycles. The van der Waals surface area contributed by atoms with Gasteiger partial charge in [-0.1, -0.05) is 23.7 Å². The number of nitrogens with one attached hydrogen (secondary N) is 1. The third-order valence-electron chi connectivity index (χ3n) is 1.94. The summed E-state index contributed by atoms with van der Waals surface area (Å²) in [5.41, 5.74) is 1.03. The summed E-state index contributed by atoms with van der Waals surface area (Å²) in [5, 5.41) is 3.75. The van der Waals surface area contributed by atoms with Crippen LogP contribution in [0.5, 0.6) is 0 Å². The summed E-state index contributed by atoms with van der Waals surface area (Å²) in [7, 11) is 1.82. The molecule has 14 heavy (non-hydrogen) atoms. The monoisotopic (exact) mass is 210 g/mol. The highest BCUT2D eigenvalue weighted by molar-refractivity contribution is 6.30. The molecule has 0 saturated carbocycles. The number of hydrogen-bond donors (Lipinski definition) is 1. The Kier molecular flexibility index (Phi) is 4.11. The van der Waals surface area contributed by atoms with Gasteiger partial charge in [-0.3, -0.25) is 4.79 Å². The molecule has 1 atom stereocenters. The molecular formula is C11H13ClNO. The Morgan fingerprint density at radius 3 is 2.43 bits per heavy atom. The van der Waals surface area contributed by atoms with Crippen LogP contribution in [0.15, 0.2) is 24.3 Å². The number of carbonyl (C=O) groups is 1. The van der Waals surface area contributed by atoms with E-state index in [1.807, 2.05) is 31.3 Å². The van der Waals surface area contributed by atoms with Gasteiger partial charge in [0.1, 0.15) is 5.78 Å². The maximum atomic E-state index is 10.9. The Balaban J connectivity index is 2.78. The summed E-state index contributed by atoms with van der Waals surface area (Å²) in [5.74, 6) is 0.0549. The maximum Gasteiger partial charge on any atom is 0.135 e. The Labute approximate surface area is 89.3 Å². The number of hydrogen-bond acceptors (Lipinski definition) is 2. The molecule has 0 saturated heterocycles. The average Bonchev–Trinajstić information content (AvgIpc) is 2.15. The van der Waals surface area contributed by atoms with E-state index >= 15 is 0 Å². The summed E-state index contributed by atoms with van der Waals surface area (Å²) in [4.78, 5) is 10.9. The molecule has 0 aliphatic rings. The molecule has 0 heterocycles. The molecule has 0 amide bonds. The van der Waals surface area contributed by atoms with Crippen molar-refractivity contribution in [3.05, 3.63) is 41.3 Å². The van der Waals surface area contributed by atoms with Crippen LogP contribution < -0.4 is 5.32 Å². The molecule has 0 fully saturated rings. The van der Waals surface area contributed by atoms with Gasteiger partial charge in [-0.15, -0.1) is 0 Å². The molecule has 2 nitrogen and oxygen atoms in total. The van der Waals surface area contributed by atoms with Crippen LogP contribution in [0.2, 0.25) is 5.02 Å². The predicted molar refractivity (Wildman–Crippen MR) is 58.2 cm³/mol. The Morgan fingerprint density at radius 1 is 1.43 bits per heavy atom. The fourth-order valence-corrected chi connectivity index (χ4v) is 1.38. The lowest BCUT2D eigenvalue weighted by Crippen LogP contribution is -2.19. The van der Waals surface area contributed by atoms with Crippen LogP contribution >= 0.6 is 11.6 Å². The number of rotatable bonds is 4. The normalized spacial score (nSPS) is 12.5. The number of Topliss-reactive ketones (excluding diaryl/α,β-unsaturated/α-hetero) is 1. The Hall–Kier alpha value is -0.860. The summed E-state index contributed by atoms with van der Waals surface area (Å²) >= 11 is 5.77. The fraction of sp³-hybridized carbons (Fsp3) is 0.273. The zero-order valence-electron chi connectivity index (χ0n) is 8.25. The maximum absolute atomic E-state index is 10.9. The van der Waals surface area contributed by atoms with Crippen molar-refractivity contribution in [3.8, 4) is 0 Å². The molecule has 3 heteroatoms. The van der Waals surface area contributed by atoms with E-state index in [0.717, 1.165) is 5.56 Å². The highest BCUT2D eigenvalue weighted by Gasteiger charge is 2.11. The summed E-state index contributed by atoms with van der Waals surface area (Å²) in [6.07, 6.45) is 1.64. The van der Waals surface area contributed by atoms with Crippen LogP contribution in [0, 0.1) is 6.42 Å². The minimum absolute atomic E-state index is 0.0373. The molecule has 75 valence electrons. The first-order valence-electron chi connectivity index (χ1n) is 4.41. The zero-order chi connectivity index (χ0) is 10.6. The molecule has 1 radical (unpaired) electrons. The van der Waals surface area contributed by atoms with Crippen molar-refractivity contribution in [1.29, 1.82) is 0 Å². The van der Waals surface area contributed by atoms with Crippen LogP contribution in [0.3, 0.4) is 0 Å². The van der Waals surface area contributed by atoms with E-state index in [2.05, 4.69) is 5.32 Å². The van der Waals surface area contributed by atoms with Gasteiger partial charge >= 0.3 is 0 Å². The van der Waals surface area contributed by atoms with Crippen molar-refractivity contribution in [3.63, 3.8) is 0 Å². The zero-order valence-corrected chi connectivity index (χ0v) is 9.01. The van der Waals surface area contributed by atoms with Gasteiger partial charge < -0.3 is 5.32 Å². The molecule has 1 aromatic rings. The first kappa shape index (κ1) is 11.2. The molecule has 1 rings (SSSR count). The van der Waals surface area contributed by atoms with Gasteiger partial charge in [-0.05, 0) is 31.7 Å². The lowest BCUT2D eigenvalue weighted by Gasteiger charge is -2.14. The standard InChI is InChI=1S/C11H13ClNO/c1-8(14)7-11(13-2)9-3-5-10(12)6-4-9/h3-7,11,13H,1-2H3. The van der Waals surface area contributed by atoms with Crippen LogP contribution in [0.4, 0.5) is 0 Å². The van der Waals surface area contributed by atoms with Crippen molar-refractivity contribution in [2.45, 2.75) is 13.0 Å². The summed E-state index contributed by atoms with van der Waals surface area (Å²) < 4.78 is 0. The molecule has 1 aromatic carbocycles. The summed E-state index contributed by atoms with van der Waals surface area (Å²) in [6, 6.07) is 7.40. The average molecular weight is 211 g/mol. The first-order chi connectivity index (χ1) is 6.63. The van der Waals surface area contributed by atoms with Crippen molar-refractivity contribution >= 4 is 17.4 Å². The molecule has 1 N–H and O–H groups in total. The van der Waals surface area contributed by atoms with Crippen LogP contribution in [0.25, 0.3) is 0 Å². The third-order valence-corrected chi connectivity index (χ3v) is 2.19. The van der Waals surface area contributed by atoms with Gasteiger partial charge in [0.2, 0.25) is 0 Å². The van der Waals surface area contributed by atoms with E-state index in [0.29, 0.717) is 5.02 Å². The van der Waals surface area contributed by atoms with Crippen molar-refractivity contribution in [2.75, 3.05) is 7.05 Å². The molecule has 1 unspecified atom stereocenters. The lowest BCUT2D eigenvalue weighted by atomic mass is 10.0. The number of carbonyl (C=O) groups excluding carboxylic acids is 1. The largest absolute Gasteiger partial charge is 0.312 e. The second kappa shape index (κ2) is 5.13. The van der Waals surface area contributed by atoms with Crippen LogP contribution in [0.1, 0.15) is 18.5 Å². The quantitative estimate of drug-likeness (QED) is 0.827. The van der Waals surface area contributed by atoms with Gasteiger partial charge in [0.25, 0.3) is 0 Å². The highest BCUT2D eigenvalue weighted by atomic mass is 35.5. The molecular weight excluding hydrogens is 198 g/mol. The third kappa shape index (κ3) is 3.13. The van der Waals surface area contributed by atoms with E-state index in [-0.39, 0.29) is 11.8 Å².